The van der Waals surface area contributed by atoms with Gasteiger partial charge in [-0.2, -0.15) is 13.2 Å². The second-order valence-electron chi connectivity index (χ2n) is 5.64. The number of nitrogens with one attached hydrogen (secondary N) is 2. The Morgan fingerprint density at radius 1 is 1.12 bits per heavy atom. The number of benzene rings is 2. The molecule has 2 rings (SSSR count). The van der Waals surface area contributed by atoms with Crippen molar-refractivity contribution < 1.29 is 18.0 Å². The Hall–Kier alpha value is -2.15. The molecule has 2 aromatic carbocycles. The van der Waals surface area contributed by atoms with E-state index >= 15 is 0 Å². The number of hydrogen-bond donors (Lipinski definition) is 2. The lowest BCUT2D eigenvalue weighted by molar-refractivity contribution is -0.0328. The number of amides is 2. The van der Waals surface area contributed by atoms with Gasteiger partial charge in [0.15, 0.2) is 0 Å². The van der Waals surface area contributed by atoms with Gasteiger partial charge in [0.1, 0.15) is 0 Å². The number of carbonyl (C=O) groups is 1. The van der Waals surface area contributed by atoms with Gasteiger partial charge in [0.25, 0.3) is 0 Å². The highest BCUT2D eigenvalue weighted by Crippen LogP contribution is 2.37. The van der Waals surface area contributed by atoms with E-state index in [4.69, 9.17) is 0 Å². The molecular weight excluding hydrogens is 349 g/mol. The second kappa shape index (κ2) is 8.29. The first-order valence-corrected chi connectivity index (χ1v) is 8.51. The summed E-state index contributed by atoms with van der Waals surface area (Å²) in [6.45, 7) is 4.48. The molecule has 0 fully saturated rings. The summed E-state index contributed by atoms with van der Waals surface area (Å²) in [5.74, 6) is 0. The average Bonchev–Trinajstić information content (AvgIpc) is 2.48. The molecule has 0 aliphatic heterocycles. The maximum absolute atomic E-state index is 12.4. The van der Waals surface area contributed by atoms with Gasteiger partial charge in [-0.3, -0.25) is 0 Å². The van der Waals surface area contributed by atoms with Gasteiger partial charge in [0.05, 0.1) is 0 Å². The molecule has 0 bridgehead atoms. The number of alkyl halides is 3. The van der Waals surface area contributed by atoms with Gasteiger partial charge in [-0.1, -0.05) is 29.8 Å². The van der Waals surface area contributed by atoms with Crippen molar-refractivity contribution >= 4 is 23.5 Å². The number of urea groups is 1. The molecule has 0 unspecified atom stereocenters. The van der Waals surface area contributed by atoms with Crippen molar-refractivity contribution in [3.63, 3.8) is 0 Å². The lowest BCUT2D eigenvalue weighted by Gasteiger charge is -2.11. The van der Waals surface area contributed by atoms with Crippen LogP contribution in [0.15, 0.2) is 47.4 Å². The maximum Gasteiger partial charge on any atom is 0.446 e. The van der Waals surface area contributed by atoms with Crippen molar-refractivity contribution in [2.45, 2.75) is 30.7 Å². The van der Waals surface area contributed by atoms with E-state index < -0.39 is 11.5 Å². The lowest BCUT2D eigenvalue weighted by atomic mass is 10.0. The van der Waals surface area contributed by atoms with Crippen molar-refractivity contribution in [3.8, 4) is 0 Å². The summed E-state index contributed by atoms with van der Waals surface area (Å²) in [7, 11) is 0. The molecule has 0 radical (unpaired) electrons. The number of thioether (sulfide) groups is 1. The summed E-state index contributed by atoms with van der Waals surface area (Å²) in [5.41, 5.74) is -0.539. The van der Waals surface area contributed by atoms with Crippen LogP contribution in [0.4, 0.5) is 23.7 Å². The van der Waals surface area contributed by atoms with Crippen LogP contribution in [0, 0.1) is 13.8 Å². The monoisotopic (exact) mass is 368 g/mol. The molecule has 0 saturated heterocycles. The average molecular weight is 368 g/mol. The number of hydrogen-bond acceptors (Lipinski definition) is 2. The van der Waals surface area contributed by atoms with Crippen LogP contribution < -0.4 is 10.6 Å². The Morgan fingerprint density at radius 3 is 2.56 bits per heavy atom. The molecule has 7 heteroatoms. The first-order valence-electron chi connectivity index (χ1n) is 7.70. The van der Waals surface area contributed by atoms with Crippen LogP contribution in [-0.2, 0) is 6.42 Å². The molecule has 134 valence electrons. The predicted octanol–water partition coefficient (Wildman–Crippen LogP) is 5.28. The molecule has 0 atom stereocenters. The third-order valence-electron chi connectivity index (χ3n) is 3.50. The smallest absolute Gasteiger partial charge is 0.338 e. The highest BCUT2D eigenvalue weighted by molar-refractivity contribution is 8.00. The van der Waals surface area contributed by atoms with E-state index in [-0.39, 0.29) is 16.7 Å². The van der Waals surface area contributed by atoms with Crippen molar-refractivity contribution in [3.05, 3.63) is 59.2 Å². The van der Waals surface area contributed by atoms with Gasteiger partial charge < -0.3 is 10.6 Å². The molecule has 0 aliphatic carbocycles. The zero-order valence-electron chi connectivity index (χ0n) is 13.9. The molecule has 3 nitrogen and oxygen atoms in total. The van der Waals surface area contributed by atoms with E-state index in [1.54, 1.807) is 6.07 Å². The van der Waals surface area contributed by atoms with Crippen LogP contribution in [0.1, 0.15) is 16.7 Å². The second-order valence-corrected chi connectivity index (χ2v) is 6.77. The van der Waals surface area contributed by atoms with Crippen LogP contribution >= 0.6 is 11.8 Å². The van der Waals surface area contributed by atoms with Crippen LogP contribution in [0.2, 0.25) is 0 Å². The minimum atomic E-state index is -4.35. The summed E-state index contributed by atoms with van der Waals surface area (Å²) >= 11 is -0.212. The Labute approximate surface area is 149 Å². The quantitative estimate of drug-likeness (QED) is 0.705. The fraction of sp³-hybridized carbons (Fsp3) is 0.278. The van der Waals surface area contributed by atoms with Crippen LogP contribution in [0.5, 0.6) is 0 Å². The molecule has 0 aromatic heterocycles. The molecule has 2 aromatic rings. The van der Waals surface area contributed by atoms with Crippen molar-refractivity contribution in [1.82, 2.24) is 5.32 Å². The van der Waals surface area contributed by atoms with Crippen molar-refractivity contribution in [1.29, 1.82) is 0 Å². The van der Waals surface area contributed by atoms with Crippen molar-refractivity contribution in [2.75, 3.05) is 11.9 Å². The largest absolute Gasteiger partial charge is 0.446 e. The first kappa shape index (κ1) is 19.2. The topological polar surface area (TPSA) is 41.1 Å². The number of anilines is 1. The number of rotatable bonds is 5. The minimum Gasteiger partial charge on any atom is -0.338 e. The molecule has 2 amide bonds. The van der Waals surface area contributed by atoms with E-state index in [0.29, 0.717) is 18.7 Å². The van der Waals surface area contributed by atoms with E-state index in [1.807, 2.05) is 26.0 Å². The molecular formula is C18H19F3N2OS. The zero-order chi connectivity index (χ0) is 18.4. The SMILES string of the molecule is Cc1ccc(CCNC(=O)Nc2cccc(SC(F)(F)F)c2)c(C)c1. The number of carbonyl (C=O) groups excluding carboxylic acids is 1. The van der Waals surface area contributed by atoms with Gasteiger partial charge >= 0.3 is 11.5 Å². The molecule has 0 saturated carbocycles. The van der Waals surface area contributed by atoms with Gasteiger partial charge in [0.2, 0.25) is 0 Å². The molecule has 0 aliphatic rings. The number of aryl methyl sites for hydroxylation is 2. The summed E-state index contributed by atoms with van der Waals surface area (Å²) in [4.78, 5) is 11.9. The lowest BCUT2D eigenvalue weighted by Crippen LogP contribution is -2.30. The van der Waals surface area contributed by atoms with Gasteiger partial charge in [-0.25, -0.2) is 4.79 Å². The van der Waals surface area contributed by atoms with Crippen LogP contribution in [0.3, 0.4) is 0 Å². The highest BCUT2D eigenvalue weighted by Gasteiger charge is 2.29. The fourth-order valence-electron chi connectivity index (χ4n) is 2.38. The van der Waals surface area contributed by atoms with E-state index in [0.717, 1.165) is 5.56 Å². The van der Waals surface area contributed by atoms with Gasteiger partial charge in [-0.15, -0.1) is 0 Å². The first-order chi connectivity index (χ1) is 11.7. The Kier molecular flexibility index (Phi) is 6.36. The minimum absolute atomic E-state index is 0.0283. The Morgan fingerprint density at radius 2 is 1.88 bits per heavy atom. The van der Waals surface area contributed by atoms with E-state index in [1.165, 1.54) is 29.3 Å². The molecule has 2 N–H and O–H groups in total. The summed E-state index contributed by atoms with van der Waals surface area (Å²) < 4.78 is 37.2. The van der Waals surface area contributed by atoms with Gasteiger partial charge in [-0.05, 0) is 61.4 Å². The molecule has 0 heterocycles. The summed E-state index contributed by atoms with van der Waals surface area (Å²) in [6.07, 6.45) is 0.684. The Balaban J connectivity index is 1.85. The van der Waals surface area contributed by atoms with Crippen molar-refractivity contribution in [2.24, 2.45) is 0 Å². The maximum atomic E-state index is 12.4. The third kappa shape index (κ3) is 6.70. The standard InChI is InChI=1S/C18H19F3N2OS/c1-12-6-7-14(13(2)10-12)8-9-22-17(24)23-15-4-3-5-16(11-15)25-18(19,20)21/h3-7,10-11H,8-9H2,1-2H3,(H2,22,23,24). The van der Waals surface area contributed by atoms with Crippen LogP contribution in [-0.4, -0.2) is 18.1 Å². The molecule has 25 heavy (non-hydrogen) atoms. The Bertz CT molecular complexity index is 747. The predicted molar refractivity (Wildman–Crippen MR) is 95.0 cm³/mol. The summed E-state index contributed by atoms with van der Waals surface area (Å²) in [5, 5.41) is 5.26. The van der Waals surface area contributed by atoms with E-state index in [9.17, 15) is 18.0 Å². The highest BCUT2D eigenvalue weighted by atomic mass is 32.2. The third-order valence-corrected chi connectivity index (χ3v) is 4.22. The van der Waals surface area contributed by atoms with Gasteiger partial charge in [0, 0.05) is 17.1 Å². The summed E-state index contributed by atoms with van der Waals surface area (Å²) in [6, 6.07) is 11.3. The number of halogens is 3. The molecule has 0 spiro atoms. The van der Waals surface area contributed by atoms with E-state index in [2.05, 4.69) is 16.7 Å². The zero-order valence-corrected chi connectivity index (χ0v) is 14.7. The van der Waals surface area contributed by atoms with Crippen LogP contribution in [0.25, 0.3) is 0 Å². The normalized spacial score (nSPS) is 11.2. The fourth-order valence-corrected chi connectivity index (χ4v) is 2.98.